The molecule has 94 valence electrons. The van der Waals surface area contributed by atoms with E-state index in [4.69, 9.17) is 0 Å². The van der Waals surface area contributed by atoms with Crippen molar-refractivity contribution < 1.29 is 5.11 Å². The van der Waals surface area contributed by atoms with E-state index in [9.17, 15) is 5.11 Å². The number of nitrogens with one attached hydrogen (secondary N) is 1. The van der Waals surface area contributed by atoms with Gasteiger partial charge in [0.2, 0.25) is 0 Å². The van der Waals surface area contributed by atoms with E-state index in [0.717, 1.165) is 18.3 Å². The summed E-state index contributed by atoms with van der Waals surface area (Å²) in [6.07, 6.45) is 8.60. The van der Waals surface area contributed by atoms with Crippen molar-refractivity contribution in [3.05, 3.63) is 0 Å². The van der Waals surface area contributed by atoms with E-state index in [1.807, 2.05) is 0 Å². The molecule has 2 saturated carbocycles. The monoisotopic (exact) mass is 225 g/mol. The lowest BCUT2D eigenvalue weighted by Gasteiger charge is -2.37. The zero-order chi connectivity index (χ0) is 11.5. The highest BCUT2D eigenvalue weighted by molar-refractivity contribution is 4.90. The van der Waals surface area contributed by atoms with Crippen LogP contribution in [-0.4, -0.2) is 23.3 Å². The van der Waals surface area contributed by atoms with Gasteiger partial charge in [-0.25, -0.2) is 0 Å². The van der Waals surface area contributed by atoms with Gasteiger partial charge in [-0.3, -0.25) is 0 Å². The molecule has 0 aromatic rings. The highest BCUT2D eigenvalue weighted by Gasteiger charge is 2.32. The summed E-state index contributed by atoms with van der Waals surface area (Å²) in [5, 5.41) is 13.6. The third kappa shape index (κ3) is 2.78. The Hall–Kier alpha value is -0.0800. The largest absolute Gasteiger partial charge is 0.392 e. The Morgan fingerprint density at radius 2 is 1.94 bits per heavy atom. The maximum absolute atomic E-state index is 9.87. The highest BCUT2D eigenvalue weighted by Crippen LogP contribution is 2.32. The van der Waals surface area contributed by atoms with Crippen LogP contribution in [0.25, 0.3) is 0 Å². The first kappa shape index (κ1) is 12.4. The minimum absolute atomic E-state index is 0.0862. The van der Waals surface area contributed by atoms with Crippen molar-refractivity contribution in [3.8, 4) is 0 Å². The lowest BCUT2D eigenvalue weighted by Crippen LogP contribution is -2.48. The third-order valence-electron chi connectivity index (χ3n) is 4.68. The summed E-state index contributed by atoms with van der Waals surface area (Å²) < 4.78 is 0. The van der Waals surface area contributed by atoms with Gasteiger partial charge in [0.15, 0.2) is 0 Å². The first-order valence-electron chi connectivity index (χ1n) is 7.14. The second-order valence-electron chi connectivity index (χ2n) is 5.96. The molecule has 2 aliphatic carbocycles. The summed E-state index contributed by atoms with van der Waals surface area (Å²) >= 11 is 0. The molecule has 0 amide bonds. The summed E-state index contributed by atoms with van der Waals surface area (Å²) in [7, 11) is 0. The molecule has 5 atom stereocenters. The average Bonchev–Trinajstić information content (AvgIpc) is 2.67. The molecule has 2 heteroatoms. The van der Waals surface area contributed by atoms with Crippen molar-refractivity contribution in [2.75, 3.05) is 0 Å². The molecule has 0 heterocycles. The molecule has 0 aromatic carbocycles. The molecular formula is C14H27NO. The summed E-state index contributed by atoms with van der Waals surface area (Å²) in [4.78, 5) is 0. The lowest BCUT2D eigenvalue weighted by atomic mass is 9.77. The van der Waals surface area contributed by atoms with Crippen molar-refractivity contribution in [3.63, 3.8) is 0 Å². The van der Waals surface area contributed by atoms with Crippen molar-refractivity contribution in [2.45, 2.75) is 77.0 Å². The van der Waals surface area contributed by atoms with E-state index in [1.54, 1.807) is 0 Å². The van der Waals surface area contributed by atoms with Crippen LogP contribution in [0, 0.1) is 11.8 Å². The Morgan fingerprint density at radius 1 is 1.12 bits per heavy atom. The molecule has 16 heavy (non-hydrogen) atoms. The molecule has 2 N–H and O–H groups in total. The third-order valence-corrected chi connectivity index (χ3v) is 4.68. The number of hydrogen-bond acceptors (Lipinski definition) is 2. The summed E-state index contributed by atoms with van der Waals surface area (Å²) in [5.41, 5.74) is 0. The Labute approximate surface area is 99.8 Å². The van der Waals surface area contributed by atoms with E-state index in [0.29, 0.717) is 12.1 Å². The van der Waals surface area contributed by atoms with Crippen LogP contribution in [-0.2, 0) is 0 Å². The topological polar surface area (TPSA) is 32.3 Å². The number of aliphatic hydroxyl groups is 1. The number of rotatable bonds is 3. The second kappa shape index (κ2) is 5.50. The predicted octanol–water partition coefficient (Wildman–Crippen LogP) is 2.70. The smallest absolute Gasteiger partial charge is 0.0693 e. The van der Waals surface area contributed by atoms with Gasteiger partial charge in [-0.05, 0) is 50.4 Å². The molecule has 2 nitrogen and oxygen atoms in total. The van der Waals surface area contributed by atoms with E-state index in [-0.39, 0.29) is 6.10 Å². The Balaban J connectivity index is 1.87. The van der Waals surface area contributed by atoms with Gasteiger partial charge in [0.1, 0.15) is 0 Å². The van der Waals surface area contributed by atoms with Crippen LogP contribution in [0.2, 0.25) is 0 Å². The molecular weight excluding hydrogens is 198 g/mol. The zero-order valence-corrected chi connectivity index (χ0v) is 10.8. The van der Waals surface area contributed by atoms with Gasteiger partial charge in [0, 0.05) is 12.1 Å². The first-order valence-corrected chi connectivity index (χ1v) is 7.14. The van der Waals surface area contributed by atoms with E-state index in [1.165, 1.54) is 38.5 Å². The van der Waals surface area contributed by atoms with Crippen molar-refractivity contribution in [2.24, 2.45) is 11.8 Å². The van der Waals surface area contributed by atoms with Crippen LogP contribution in [0.15, 0.2) is 0 Å². The van der Waals surface area contributed by atoms with Crippen LogP contribution in [0.3, 0.4) is 0 Å². The number of hydrogen-bond donors (Lipinski definition) is 2. The molecule has 0 bridgehead atoms. The molecule has 2 fully saturated rings. The van der Waals surface area contributed by atoms with Crippen molar-refractivity contribution in [1.29, 1.82) is 0 Å². The normalized spacial score (nSPS) is 44.8. The second-order valence-corrected chi connectivity index (χ2v) is 5.96. The fourth-order valence-electron chi connectivity index (χ4n) is 3.58. The van der Waals surface area contributed by atoms with Crippen LogP contribution >= 0.6 is 0 Å². The van der Waals surface area contributed by atoms with E-state index < -0.39 is 0 Å². The highest BCUT2D eigenvalue weighted by atomic mass is 16.3. The predicted molar refractivity (Wildman–Crippen MR) is 67.4 cm³/mol. The summed E-state index contributed by atoms with van der Waals surface area (Å²) in [5.74, 6) is 1.73. The van der Waals surface area contributed by atoms with Gasteiger partial charge >= 0.3 is 0 Å². The standard InChI is InChI=1S/C14H27NO/c1-3-11-9-10(2)7-8-12(11)15-13-5-4-6-14(13)16/h10-16H,3-9H2,1-2H3. The zero-order valence-electron chi connectivity index (χ0n) is 10.8. The Bertz CT molecular complexity index is 219. The molecule has 0 spiro atoms. The summed E-state index contributed by atoms with van der Waals surface area (Å²) in [6, 6.07) is 1.05. The Morgan fingerprint density at radius 3 is 2.56 bits per heavy atom. The van der Waals surface area contributed by atoms with Crippen molar-refractivity contribution >= 4 is 0 Å². The lowest BCUT2D eigenvalue weighted by molar-refractivity contribution is 0.119. The molecule has 2 rings (SSSR count). The maximum atomic E-state index is 9.87. The van der Waals surface area contributed by atoms with Gasteiger partial charge in [-0.2, -0.15) is 0 Å². The number of aliphatic hydroxyl groups excluding tert-OH is 1. The Kier molecular flexibility index (Phi) is 4.26. The van der Waals surface area contributed by atoms with Crippen LogP contribution < -0.4 is 5.32 Å². The van der Waals surface area contributed by atoms with Gasteiger partial charge in [0.05, 0.1) is 6.10 Å². The van der Waals surface area contributed by atoms with Crippen molar-refractivity contribution in [1.82, 2.24) is 5.32 Å². The van der Waals surface area contributed by atoms with Gasteiger partial charge in [0.25, 0.3) is 0 Å². The van der Waals surface area contributed by atoms with Gasteiger partial charge in [-0.1, -0.05) is 20.3 Å². The average molecular weight is 225 g/mol. The fraction of sp³-hybridized carbons (Fsp3) is 1.00. The first-order chi connectivity index (χ1) is 7.70. The van der Waals surface area contributed by atoms with Crippen LogP contribution in [0.1, 0.15) is 58.8 Å². The molecule has 0 radical (unpaired) electrons. The molecule has 2 aliphatic rings. The van der Waals surface area contributed by atoms with E-state index in [2.05, 4.69) is 19.2 Å². The van der Waals surface area contributed by atoms with Gasteiger partial charge in [-0.15, -0.1) is 0 Å². The van der Waals surface area contributed by atoms with Crippen LogP contribution in [0.4, 0.5) is 0 Å². The van der Waals surface area contributed by atoms with Gasteiger partial charge < -0.3 is 10.4 Å². The minimum Gasteiger partial charge on any atom is -0.392 e. The fourth-order valence-corrected chi connectivity index (χ4v) is 3.58. The molecule has 0 aliphatic heterocycles. The maximum Gasteiger partial charge on any atom is 0.0693 e. The SMILES string of the molecule is CCC1CC(C)CCC1NC1CCCC1O. The molecule has 0 saturated heterocycles. The minimum atomic E-state index is -0.0862. The summed E-state index contributed by atoms with van der Waals surface area (Å²) in [6.45, 7) is 4.69. The molecule has 5 unspecified atom stereocenters. The van der Waals surface area contributed by atoms with Crippen LogP contribution in [0.5, 0.6) is 0 Å². The van der Waals surface area contributed by atoms with E-state index >= 15 is 0 Å². The molecule has 0 aromatic heterocycles. The quantitative estimate of drug-likeness (QED) is 0.774.